The van der Waals surface area contributed by atoms with Gasteiger partial charge in [-0.25, -0.2) is 4.79 Å². The number of rotatable bonds is 2. The summed E-state index contributed by atoms with van der Waals surface area (Å²) in [6.45, 7) is 7.43. The molecule has 6 heteroatoms. The van der Waals surface area contributed by atoms with Crippen LogP contribution in [0.15, 0.2) is 18.2 Å². The van der Waals surface area contributed by atoms with E-state index in [1.54, 1.807) is 4.90 Å². The number of amides is 2. The topological polar surface area (TPSA) is 67.9 Å². The zero-order valence-electron chi connectivity index (χ0n) is 15.1. The van der Waals surface area contributed by atoms with Crippen molar-refractivity contribution < 1.29 is 19.1 Å². The predicted molar refractivity (Wildman–Crippen MR) is 94.8 cm³/mol. The molecule has 25 heavy (non-hydrogen) atoms. The summed E-state index contributed by atoms with van der Waals surface area (Å²) in [5, 5.41) is 2.94. The number of ether oxygens (including phenoxy) is 2. The molecule has 1 saturated heterocycles. The van der Waals surface area contributed by atoms with Gasteiger partial charge in [0.15, 0.2) is 0 Å². The highest BCUT2D eigenvalue weighted by Crippen LogP contribution is 2.28. The van der Waals surface area contributed by atoms with Crippen LogP contribution in [-0.4, -0.2) is 42.2 Å². The lowest BCUT2D eigenvalue weighted by atomic mass is 9.97. The number of carbonyl (C=O) groups is 2. The smallest absolute Gasteiger partial charge is 0.321 e. The van der Waals surface area contributed by atoms with Gasteiger partial charge in [-0.15, -0.1) is 0 Å². The highest BCUT2D eigenvalue weighted by molar-refractivity contribution is 5.89. The number of piperidine rings is 1. The Hall–Kier alpha value is -2.24. The summed E-state index contributed by atoms with van der Waals surface area (Å²) in [5.74, 6) is 0.614. The van der Waals surface area contributed by atoms with Gasteiger partial charge in [-0.3, -0.25) is 4.79 Å². The van der Waals surface area contributed by atoms with Crippen molar-refractivity contribution in [3.63, 3.8) is 0 Å². The SMILES string of the molecule is CC(C)(C)OC(=O)C1CCN(C(=O)Nc2ccc3c(c2)CCO3)CC1. The number of hydrogen-bond acceptors (Lipinski definition) is 4. The van der Waals surface area contributed by atoms with Crippen LogP contribution in [0.25, 0.3) is 0 Å². The van der Waals surface area contributed by atoms with Gasteiger partial charge in [-0.05, 0) is 57.4 Å². The first-order valence-corrected chi connectivity index (χ1v) is 8.86. The van der Waals surface area contributed by atoms with Crippen LogP contribution in [-0.2, 0) is 16.0 Å². The molecule has 136 valence electrons. The Labute approximate surface area is 148 Å². The van der Waals surface area contributed by atoms with E-state index in [4.69, 9.17) is 9.47 Å². The summed E-state index contributed by atoms with van der Waals surface area (Å²) >= 11 is 0. The van der Waals surface area contributed by atoms with E-state index in [1.807, 2.05) is 39.0 Å². The van der Waals surface area contributed by atoms with Crippen LogP contribution in [0, 0.1) is 5.92 Å². The van der Waals surface area contributed by atoms with Crippen LogP contribution in [0.5, 0.6) is 5.75 Å². The summed E-state index contributed by atoms with van der Waals surface area (Å²) in [4.78, 5) is 26.3. The summed E-state index contributed by atoms with van der Waals surface area (Å²) in [6.07, 6.45) is 2.15. The van der Waals surface area contributed by atoms with Crippen molar-refractivity contribution in [2.75, 3.05) is 25.0 Å². The standard InChI is InChI=1S/C19H26N2O4/c1-19(2,3)25-17(22)13-6-9-21(10-7-13)18(23)20-15-4-5-16-14(12-15)8-11-24-16/h4-5,12-13H,6-11H2,1-3H3,(H,20,23). The molecule has 3 rings (SSSR count). The van der Waals surface area contributed by atoms with E-state index < -0.39 is 5.60 Å². The van der Waals surface area contributed by atoms with Crippen molar-refractivity contribution in [2.45, 2.75) is 45.6 Å². The third-order valence-electron chi connectivity index (χ3n) is 4.46. The van der Waals surface area contributed by atoms with Crippen molar-refractivity contribution in [3.05, 3.63) is 23.8 Å². The van der Waals surface area contributed by atoms with Gasteiger partial charge in [0, 0.05) is 25.2 Å². The average Bonchev–Trinajstić information content (AvgIpc) is 3.01. The number of hydrogen-bond donors (Lipinski definition) is 1. The van der Waals surface area contributed by atoms with Crippen LogP contribution in [0.3, 0.4) is 0 Å². The first-order chi connectivity index (χ1) is 11.8. The molecule has 0 aliphatic carbocycles. The van der Waals surface area contributed by atoms with E-state index in [0.29, 0.717) is 32.5 Å². The van der Waals surface area contributed by atoms with Crippen molar-refractivity contribution in [1.29, 1.82) is 0 Å². The Balaban J connectivity index is 1.51. The second-order valence-corrected chi connectivity index (χ2v) is 7.65. The minimum Gasteiger partial charge on any atom is -0.493 e. The Morgan fingerprint density at radius 1 is 1.24 bits per heavy atom. The van der Waals surface area contributed by atoms with Crippen molar-refractivity contribution in [3.8, 4) is 5.75 Å². The number of nitrogens with one attached hydrogen (secondary N) is 1. The fraction of sp³-hybridized carbons (Fsp3) is 0.579. The molecule has 0 atom stereocenters. The maximum Gasteiger partial charge on any atom is 0.321 e. The molecular formula is C19H26N2O4. The number of nitrogens with zero attached hydrogens (tertiary/aromatic N) is 1. The molecule has 0 aromatic heterocycles. The Bertz CT molecular complexity index is 658. The molecule has 2 aliphatic heterocycles. The summed E-state index contributed by atoms with van der Waals surface area (Å²) in [7, 11) is 0. The number of urea groups is 1. The highest BCUT2D eigenvalue weighted by Gasteiger charge is 2.30. The van der Waals surface area contributed by atoms with Gasteiger partial charge >= 0.3 is 12.0 Å². The van der Waals surface area contributed by atoms with E-state index in [0.717, 1.165) is 23.4 Å². The van der Waals surface area contributed by atoms with E-state index >= 15 is 0 Å². The zero-order valence-corrected chi connectivity index (χ0v) is 15.1. The van der Waals surface area contributed by atoms with Crippen LogP contribution in [0.4, 0.5) is 10.5 Å². The Morgan fingerprint density at radius 2 is 1.96 bits per heavy atom. The van der Waals surface area contributed by atoms with Crippen LogP contribution < -0.4 is 10.1 Å². The highest BCUT2D eigenvalue weighted by atomic mass is 16.6. The van der Waals surface area contributed by atoms with E-state index in [1.165, 1.54) is 0 Å². The van der Waals surface area contributed by atoms with Gasteiger partial charge in [0.1, 0.15) is 11.4 Å². The molecule has 2 amide bonds. The van der Waals surface area contributed by atoms with Gasteiger partial charge in [0.2, 0.25) is 0 Å². The van der Waals surface area contributed by atoms with Gasteiger partial charge in [-0.1, -0.05) is 0 Å². The molecule has 0 saturated carbocycles. The van der Waals surface area contributed by atoms with Crippen molar-refractivity contribution in [1.82, 2.24) is 4.90 Å². The molecular weight excluding hydrogens is 320 g/mol. The quantitative estimate of drug-likeness (QED) is 0.835. The maximum absolute atomic E-state index is 12.4. The van der Waals surface area contributed by atoms with Crippen molar-refractivity contribution in [2.24, 2.45) is 5.92 Å². The van der Waals surface area contributed by atoms with Gasteiger partial charge in [0.25, 0.3) is 0 Å². The van der Waals surface area contributed by atoms with Crippen LogP contribution >= 0.6 is 0 Å². The monoisotopic (exact) mass is 346 g/mol. The Kier molecular flexibility index (Phi) is 4.88. The van der Waals surface area contributed by atoms with Gasteiger partial charge in [-0.2, -0.15) is 0 Å². The largest absolute Gasteiger partial charge is 0.493 e. The minimum atomic E-state index is -0.469. The normalized spacial score (nSPS) is 17.6. The molecule has 1 aromatic carbocycles. The molecule has 6 nitrogen and oxygen atoms in total. The van der Waals surface area contributed by atoms with E-state index in [-0.39, 0.29) is 17.9 Å². The second kappa shape index (κ2) is 6.94. The number of benzene rings is 1. The molecule has 1 N–H and O–H groups in total. The van der Waals surface area contributed by atoms with Crippen molar-refractivity contribution >= 4 is 17.7 Å². The fourth-order valence-corrected chi connectivity index (χ4v) is 3.17. The zero-order chi connectivity index (χ0) is 18.0. The third kappa shape index (κ3) is 4.44. The second-order valence-electron chi connectivity index (χ2n) is 7.65. The molecule has 0 bridgehead atoms. The number of anilines is 1. The maximum atomic E-state index is 12.4. The number of carbonyl (C=O) groups excluding carboxylic acids is 2. The Morgan fingerprint density at radius 3 is 2.64 bits per heavy atom. The average molecular weight is 346 g/mol. The van der Waals surface area contributed by atoms with Crippen LogP contribution in [0.1, 0.15) is 39.2 Å². The molecule has 1 aromatic rings. The lowest BCUT2D eigenvalue weighted by molar-refractivity contribution is -0.161. The van der Waals surface area contributed by atoms with Gasteiger partial charge in [0.05, 0.1) is 12.5 Å². The van der Waals surface area contributed by atoms with E-state index in [9.17, 15) is 9.59 Å². The number of esters is 1. The molecule has 2 heterocycles. The molecule has 0 radical (unpaired) electrons. The molecule has 0 unspecified atom stereocenters. The minimum absolute atomic E-state index is 0.124. The van der Waals surface area contributed by atoms with E-state index in [2.05, 4.69) is 5.32 Å². The van der Waals surface area contributed by atoms with Gasteiger partial charge < -0.3 is 19.7 Å². The molecule has 1 fully saturated rings. The first-order valence-electron chi connectivity index (χ1n) is 8.86. The first kappa shape index (κ1) is 17.6. The summed E-state index contributed by atoms with van der Waals surface area (Å²) < 4.78 is 10.9. The fourth-order valence-electron chi connectivity index (χ4n) is 3.17. The molecule has 2 aliphatic rings. The predicted octanol–water partition coefficient (Wildman–Crippen LogP) is 3.21. The summed E-state index contributed by atoms with van der Waals surface area (Å²) in [6, 6.07) is 5.59. The molecule has 0 spiro atoms. The number of fused-ring (bicyclic) bond motifs is 1. The lowest BCUT2D eigenvalue weighted by Gasteiger charge is -2.32. The number of likely N-dealkylation sites (tertiary alicyclic amines) is 1. The third-order valence-corrected chi connectivity index (χ3v) is 4.46. The lowest BCUT2D eigenvalue weighted by Crippen LogP contribution is -2.43. The summed E-state index contributed by atoms with van der Waals surface area (Å²) in [5.41, 5.74) is 1.44. The van der Waals surface area contributed by atoms with Crippen LogP contribution in [0.2, 0.25) is 0 Å².